The van der Waals surface area contributed by atoms with Crippen LogP contribution in [0, 0.1) is 0 Å². The first-order valence-electron chi connectivity index (χ1n) is 6.92. The molecule has 4 heteroatoms. The van der Waals surface area contributed by atoms with Gasteiger partial charge in [-0.15, -0.1) is 0 Å². The Kier molecular flexibility index (Phi) is 5.21. The number of rotatable bonds is 5. The zero-order valence-electron chi connectivity index (χ0n) is 11.4. The molecule has 0 heterocycles. The van der Waals surface area contributed by atoms with Crippen LogP contribution in [0.5, 0.6) is 0 Å². The molecule has 1 atom stereocenters. The maximum Gasteiger partial charge on any atom is 0.315 e. The fraction of sp³-hybridized carbons (Fsp3) is 0.533. The first-order chi connectivity index (χ1) is 9.31. The van der Waals surface area contributed by atoms with Crippen molar-refractivity contribution in [1.29, 1.82) is 0 Å². The van der Waals surface area contributed by atoms with Crippen molar-refractivity contribution in [3.63, 3.8) is 0 Å². The van der Waals surface area contributed by atoms with Crippen LogP contribution in [0.15, 0.2) is 24.3 Å². The fourth-order valence-corrected chi connectivity index (χ4v) is 2.53. The second kappa shape index (κ2) is 7.14. The summed E-state index contributed by atoms with van der Waals surface area (Å²) in [6, 6.07) is 8.43. The highest BCUT2D eigenvalue weighted by molar-refractivity contribution is 5.74. The van der Waals surface area contributed by atoms with Gasteiger partial charge in [0.05, 0.1) is 6.04 Å². The average Bonchev–Trinajstić information content (AvgIpc) is 2.44. The lowest BCUT2D eigenvalue weighted by molar-refractivity contribution is 0.193. The summed E-state index contributed by atoms with van der Waals surface area (Å²) in [6.45, 7) is 1.32. The van der Waals surface area contributed by atoms with Crippen LogP contribution in [0.3, 0.4) is 0 Å². The number of nitrogens with one attached hydrogen (secondary N) is 2. The van der Waals surface area contributed by atoms with Crippen LogP contribution in [-0.4, -0.2) is 26.3 Å². The van der Waals surface area contributed by atoms with Gasteiger partial charge in [0.1, 0.15) is 0 Å². The van der Waals surface area contributed by atoms with Gasteiger partial charge in [0.25, 0.3) is 0 Å². The molecule has 4 nitrogen and oxygen atoms in total. The largest absolute Gasteiger partial charge is 0.385 e. The summed E-state index contributed by atoms with van der Waals surface area (Å²) >= 11 is 0. The highest BCUT2D eigenvalue weighted by Gasteiger charge is 2.20. The van der Waals surface area contributed by atoms with Crippen LogP contribution in [0.4, 0.5) is 4.79 Å². The summed E-state index contributed by atoms with van der Waals surface area (Å²) in [5, 5.41) is 5.93. The number of carbonyl (C=O) groups is 1. The molecule has 104 valence electrons. The molecule has 1 aromatic carbocycles. The van der Waals surface area contributed by atoms with E-state index < -0.39 is 0 Å². The van der Waals surface area contributed by atoms with Crippen molar-refractivity contribution in [3.05, 3.63) is 35.4 Å². The summed E-state index contributed by atoms with van der Waals surface area (Å²) in [5.74, 6) is 0. The van der Waals surface area contributed by atoms with Crippen LogP contribution < -0.4 is 10.6 Å². The van der Waals surface area contributed by atoms with E-state index in [0.717, 1.165) is 25.7 Å². The second-order valence-corrected chi connectivity index (χ2v) is 4.89. The Morgan fingerprint density at radius 1 is 1.42 bits per heavy atom. The van der Waals surface area contributed by atoms with Crippen LogP contribution in [0.2, 0.25) is 0 Å². The van der Waals surface area contributed by atoms with E-state index in [1.165, 1.54) is 11.1 Å². The average molecular weight is 262 g/mol. The van der Waals surface area contributed by atoms with Crippen LogP contribution in [0.25, 0.3) is 0 Å². The van der Waals surface area contributed by atoms with E-state index in [0.29, 0.717) is 13.2 Å². The van der Waals surface area contributed by atoms with E-state index in [4.69, 9.17) is 4.74 Å². The molecule has 19 heavy (non-hydrogen) atoms. The summed E-state index contributed by atoms with van der Waals surface area (Å²) in [4.78, 5) is 11.8. The van der Waals surface area contributed by atoms with Crippen molar-refractivity contribution < 1.29 is 9.53 Å². The number of fused-ring (bicyclic) bond motifs is 1. The molecule has 1 aliphatic rings. The van der Waals surface area contributed by atoms with Gasteiger partial charge in [-0.05, 0) is 36.8 Å². The van der Waals surface area contributed by atoms with E-state index in [2.05, 4.69) is 28.8 Å². The van der Waals surface area contributed by atoms with Gasteiger partial charge in [-0.1, -0.05) is 24.3 Å². The van der Waals surface area contributed by atoms with Gasteiger partial charge in [-0.3, -0.25) is 0 Å². The van der Waals surface area contributed by atoms with Gasteiger partial charge in [-0.2, -0.15) is 0 Å². The number of benzene rings is 1. The van der Waals surface area contributed by atoms with Crippen molar-refractivity contribution in [1.82, 2.24) is 10.6 Å². The molecule has 0 aromatic heterocycles. The molecule has 1 aromatic rings. The lowest BCUT2D eigenvalue weighted by atomic mass is 9.88. The number of methoxy groups -OCH3 is 1. The number of aryl methyl sites for hydroxylation is 1. The van der Waals surface area contributed by atoms with E-state index in [9.17, 15) is 4.79 Å². The Balaban J connectivity index is 1.85. The maximum atomic E-state index is 11.8. The Hall–Kier alpha value is -1.55. The predicted molar refractivity (Wildman–Crippen MR) is 75.1 cm³/mol. The lowest BCUT2D eigenvalue weighted by Gasteiger charge is -2.26. The SMILES string of the molecule is COCCCNC(=O)NC1CCCc2ccccc21. The molecule has 0 saturated heterocycles. The lowest BCUT2D eigenvalue weighted by Crippen LogP contribution is -2.39. The Morgan fingerprint density at radius 3 is 3.11 bits per heavy atom. The molecule has 0 saturated carbocycles. The fourth-order valence-electron chi connectivity index (χ4n) is 2.53. The van der Waals surface area contributed by atoms with E-state index >= 15 is 0 Å². The summed E-state index contributed by atoms with van der Waals surface area (Å²) < 4.78 is 4.95. The number of ether oxygens (including phenoxy) is 1. The molecule has 2 rings (SSSR count). The smallest absolute Gasteiger partial charge is 0.315 e. The highest BCUT2D eigenvalue weighted by Crippen LogP contribution is 2.29. The Labute approximate surface area is 114 Å². The van der Waals surface area contributed by atoms with Gasteiger partial charge in [0, 0.05) is 20.3 Å². The third-order valence-corrected chi connectivity index (χ3v) is 3.49. The van der Waals surface area contributed by atoms with E-state index in [1.807, 2.05) is 6.07 Å². The molecule has 0 bridgehead atoms. The van der Waals surface area contributed by atoms with Crippen LogP contribution in [0.1, 0.15) is 36.4 Å². The topological polar surface area (TPSA) is 50.4 Å². The van der Waals surface area contributed by atoms with Crippen molar-refractivity contribution in [2.45, 2.75) is 31.7 Å². The zero-order valence-corrected chi connectivity index (χ0v) is 11.4. The Morgan fingerprint density at radius 2 is 2.26 bits per heavy atom. The molecule has 0 spiro atoms. The second-order valence-electron chi connectivity index (χ2n) is 4.89. The molecule has 1 aliphatic carbocycles. The van der Waals surface area contributed by atoms with Crippen molar-refractivity contribution >= 4 is 6.03 Å². The van der Waals surface area contributed by atoms with Gasteiger partial charge in [-0.25, -0.2) is 4.79 Å². The minimum absolute atomic E-state index is 0.0854. The zero-order chi connectivity index (χ0) is 13.5. The van der Waals surface area contributed by atoms with Crippen molar-refractivity contribution in [3.8, 4) is 0 Å². The normalized spacial score (nSPS) is 17.6. The maximum absolute atomic E-state index is 11.8. The van der Waals surface area contributed by atoms with Gasteiger partial charge in [0.15, 0.2) is 0 Å². The summed E-state index contributed by atoms with van der Waals surface area (Å²) in [7, 11) is 1.67. The molecular weight excluding hydrogens is 240 g/mol. The summed E-state index contributed by atoms with van der Waals surface area (Å²) in [6.07, 6.45) is 4.10. The molecule has 0 fully saturated rings. The number of carbonyl (C=O) groups excluding carboxylic acids is 1. The third kappa shape index (κ3) is 3.96. The standard InChI is InChI=1S/C15H22N2O2/c1-19-11-5-10-16-15(18)17-14-9-4-7-12-6-2-3-8-13(12)14/h2-3,6,8,14H,4-5,7,9-11H2,1H3,(H2,16,17,18). The molecule has 1 unspecified atom stereocenters. The molecular formula is C15H22N2O2. The van der Waals surface area contributed by atoms with E-state index in [-0.39, 0.29) is 12.1 Å². The number of amides is 2. The van der Waals surface area contributed by atoms with Crippen LogP contribution in [-0.2, 0) is 11.2 Å². The summed E-state index contributed by atoms with van der Waals surface area (Å²) in [5.41, 5.74) is 2.62. The molecule has 0 aliphatic heterocycles. The van der Waals surface area contributed by atoms with Gasteiger partial charge in [0.2, 0.25) is 0 Å². The number of hydrogen-bond acceptors (Lipinski definition) is 2. The van der Waals surface area contributed by atoms with E-state index in [1.54, 1.807) is 7.11 Å². The Bertz CT molecular complexity index is 420. The predicted octanol–water partition coefficient (Wildman–Crippen LogP) is 2.40. The quantitative estimate of drug-likeness (QED) is 0.801. The molecule has 0 radical (unpaired) electrons. The third-order valence-electron chi connectivity index (χ3n) is 3.49. The first kappa shape index (κ1) is 13.9. The minimum atomic E-state index is -0.0854. The number of urea groups is 1. The van der Waals surface area contributed by atoms with Gasteiger partial charge >= 0.3 is 6.03 Å². The van der Waals surface area contributed by atoms with Crippen molar-refractivity contribution in [2.24, 2.45) is 0 Å². The minimum Gasteiger partial charge on any atom is -0.385 e. The van der Waals surface area contributed by atoms with Gasteiger partial charge < -0.3 is 15.4 Å². The number of hydrogen-bond donors (Lipinski definition) is 2. The van der Waals surface area contributed by atoms with Crippen molar-refractivity contribution in [2.75, 3.05) is 20.3 Å². The first-order valence-corrected chi connectivity index (χ1v) is 6.92. The molecule has 2 N–H and O–H groups in total. The van der Waals surface area contributed by atoms with Crippen LogP contribution >= 0.6 is 0 Å². The molecule has 2 amide bonds. The highest BCUT2D eigenvalue weighted by atomic mass is 16.5. The monoisotopic (exact) mass is 262 g/mol.